The van der Waals surface area contributed by atoms with E-state index in [0.717, 1.165) is 5.56 Å². The summed E-state index contributed by atoms with van der Waals surface area (Å²) in [5, 5.41) is 2.91. The van der Waals surface area contributed by atoms with Crippen molar-refractivity contribution in [2.24, 2.45) is 5.41 Å². The van der Waals surface area contributed by atoms with Gasteiger partial charge in [-0.15, -0.1) is 0 Å². The lowest BCUT2D eigenvalue weighted by Crippen LogP contribution is -2.44. The molecule has 1 unspecified atom stereocenters. The molecule has 0 spiro atoms. The number of rotatable bonds is 3. The van der Waals surface area contributed by atoms with E-state index in [1.165, 1.54) is 0 Å². The fraction of sp³-hybridized carbons (Fsp3) is 0.333. The maximum absolute atomic E-state index is 12.7. The van der Waals surface area contributed by atoms with Crippen molar-refractivity contribution in [1.82, 2.24) is 0 Å². The molecule has 0 aromatic heterocycles. The van der Waals surface area contributed by atoms with Crippen LogP contribution in [-0.4, -0.2) is 17.9 Å². The predicted octanol–water partition coefficient (Wildman–Crippen LogP) is 3.99. The van der Waals surface area contributed by atoms with Crippen molar-refractivity contribution in [2.75, 3.05) is 10.2 Å². The van der Waals surface area contributed by atoms with Crippen LogP contribution in [0, 0.1) is 5.41 Å². The molecule has 2 amide bonds. The second-order valence-electron chi connectivity index (χ2n) is 7.56. The van der Waals surface area contributed by atoms with E-state index in [0.29, 0.717) is 23.7 Å². The highest BCUT2D eigenvalue weighted by Crippen LogP contribution is 2.37. The second-order valence-corrected chi connectivity index (χ2v) is 7.56. The highest BCUT2D eigenvalue weighted by Gasteiger charge is 2.32. The Kier molecular flexibility index (Phi) is 4.72. The third-order valence-corrected chi connectivity index (χ3v) is 4.29. The van der Waals surface area contributed by atoms with Crippen molar-refractivity contribution < 1.29 is 14.3 Å². The molecule has 2 aromatic carbocycles. The van der Waals surface area contributed by atoms with Crippen LogP contribution in [0.5, 0.6) is 5.75 Å². The Morgan fingerprint density at radius 1 is 1.15 bits per heavy atom. The van der Waals surface area contributed by atoms with Crippen LogP contribution in [0.3, 0.4) is 0 Å². The van der Waals surface area contributed by atoms with Crippen LogP contribution in [0.25, 0.3) is 0 Å². The first-order valence-corrected chi connectivity index (χ1v) is 8.73. The Morgan fingerprint density at radius 2 is 1.85 bits per heavy atom. The first-order valence-electron chi connectivity index (χ1n) is 8.73. The Bertz CT molecular complexity index is 825. The molecule has 1 aliphatic rings. The molecule has 3 rings (SSSR count). The molecule has 0 fully saturated rings. The van der Waals surface area contributed by atoms with E-state index in [9.17, 15) is 9.59 Å². The smallest absolute Gasteiger partial charge is 0.268 e. The number of benzene rings is 2. The first kappa shape index (κ1) is 18.0. The molecule has 1 atom stereocenters. The number of hydrogen-bond acceptors (Lipinski definition) is 3. The van der Waals surface area contributed by atoms with Crippen molar-refractivity contribution in [3.05, 3.63) is 54.1 Å². The van der Waals surface area contributed by atoms with Gasteiger partial charge in [-0.1, -0.05) is 51.1 Å². The second kappa shape index (κ2) is 6.83. The minimum Gasteiger partial charge on any atom is -0.479 e. The number of amides is 2. The van der Waals surface area contributed by atoms with Crippen molar-refractivity contribution in [1.29, 1.82) is 0 Å². The van der Waals surface area contributed by atoms with Gasteiger partial charge in [0.2, 0.25) is 5.91 Å². The molecule has 5 nitrogen and oxygen atoms in total. The van der Waals surface area contributed by atoms with Gasteiger partial charge in [-0.25, -0.2) is 0 Å². The molecule has 0 saturated carbocycles. The molecule has 136 valence electrons. The monoisotopic (exact) mass is 352 g/mol. The van der Waals surface area contributed by atoms with Gasteiger partial charge in [0.1, 0.15) is 5.75 Å². The summed E-state index contributed by atoms with van der Waals surface area (Å²) >= 11 is 0. The first-order chi connectivity index (χ1) is 12.3. The summed E-state index contributed by atoms with van der Waals surface area (Å²) in [5.74, 6) is 0.464. The molecule has 2 aromatic rings. The van der Waals surface area contributed by atoms with Gasteiger partial charge in [0, 0.05) is 11.1 Å². The zero-order valence-electron chi connectivity index (χ0n) is 15.6. The Morgan fingerprint density at radius 3 is 2.50 bits per heavy atom. The van der Waals surface area contributed by atoms with Crippen molar-refractivity contribution in [3.63, 3.8) is 0 Å². The Balaban J connectivity index is 1.93. The normalized spacial score (nSPS) is 16.7. The molecule has 1 N–H and O–H groups in total. The summed E-state index contributed by atoms with van der Waals surface area (Å²) in [7, 11) is 0. The number of nitrogens with zero attached hydrogens (tertiary/aromatic N) is 1. The fourth-order valence-corrected chi connectivity index (χ4v) is 2.73. The molecule has 5 heteroatoms. The number of fused-ring (bicyclic) bond motifs is 1. The number of nitrogens with one attached hydrogen (secondary N) is 1. The largest absolute Gasteiger partial charge is 0.479 e. The lowest BCUT2D eigenvalue weighted by molar-refractivity contribution is -0.125. The molecular weight excluding hydrogens is 328 g/mol. The van der Waals surface area contributed by atoms with E-state index >= 15 is 0 Å². The van der Waals surface area contributed by atoms with Crippen LogP contribution in [0.1, 0.15) is 33.3 Å². The van der Waals surface area contributed by atoms with E-state index in [-0.39, 0.29) is 11.8 Å². The third-order valence-electron chi connectivity index (χ3n) is 4.29. The van der Waals surface area contributed by atoms with Gasteiger partial charge in [0.15, 0.2) is 6.10 Å². The van der Waals surface area contributed by atoms with Gasteiger partial charge in [0.25, 0.3) is 5.91 Å². The molecule has 1 heterocycles. The van der Waals surface area contributed by atoms with E-state index in [4.69, 9.17) is 4.74 Å². The molecule has 26 heavy (non-hydrogen) atoms. The molecule has 0 saturated heterocycles. The molecule has 0 radical (unpaired) electrons. The molecule has 1 aliphatic heterocycles. The van der Waals surface area contributed by atoms with Crippen LogP contribution in [0.15, 0.2) is 48.5 Å². The van der Waals surface area contributed by atoms with Crippen LogP contribution in [0.4, 0.5) is 11.4 Å². The molecule has 0 bridgehead atoms. The summed E-state index contributed by atoms with van der Waals surface area (Å²) in [4.78, 5) is 26.7. The maximum Gasteiger partial charge on any atom is 0.268 e. The quantitative estimate of drug-likeness (QED) is 0.909. The van der Waals surface area contributed by atoms with E-state index in [2.05, 4.69) is 5.32 Å². The number of carbonyl (C=O) groups excluding carboxylic acids is 2. The Labute approximate surface area is 154 Å². The lowest BCUT2D eigenvalue weighted by atomic mass is 9.95. The standard InChI is InChI=1S/C21H24N2O3/c1-14-19(24)23(13-15-8-6-5-7-9-15)17-12-16(10-11-18(17)26-14)22-20(25)21(2,3)4/h5-12,14H,13H2,1-4H3,(H,22,25). The maximum atomic E-state index is 12.7. The van der Waals surface area contributed by atoms with Gasteiger partial charge in [0.05, 0.1) is 12.2 Å². The highest BCUT2D eigenvalue weighted by molar-refractivity contribution is 6.01. The summed E-state index contributed by atoms with van der Waals surface area (Å²) in [6, 6.07) is 15.2. The van der Waals surface area contributed by atoms with Crippen LogP contribution < -0.4 is 15.0 Å². The number of ether oxygens (including phenoxy) is 1. The van der Waals surface area contributed by atoms with Crippen molar-refractivity contribution in [3.8, 4) is 5.75 Å². The van der Waals surface area contributed by atoms with Crippen molar-refractivity contribution in [2.45, 2.75) is 40.3 Å². The number of hydrogen-bond donors (Lipinski definition) is 1. The summed E-state index contributed by atoms with van der Waals surface area (Å²) < 4.78 is 5.74. The van der Waals surface area contributed by atoms with Gasteiger partial charge in [-0.2, -0.15) is 0 Å². The fourth-order valence-electron chi connectivity index (χ4n) is 2.73. The topological polar surface area (TPSA) is 58.6 Å². The highest BCUT2D eigenvalue weighted by atomic mass is 16.5. The summed E-state index contributed by atoms with van der Waals surface area (Å²) in [5.41, 5.74) is 1.85. The predicted molar refractivity (Wildman–Crippen MR) is 102 cm³/mol. The third kappa shape index (κ3) is 3.72. The zero-order valence-corrected chi connectivity index (χ0v) is 15.6. The zero-order chi connectivity index (χ0) is 18.9. The van der Waals surface area contributed by atoms with Gasteiger partial charge in [-0.05, 0) is 30.7 Å². The number of anilines is 2. The van der Waals surface area contributed by atoms with Crippen LogP contribution in [0.2, 0.25) is 0 Å². The average Bonchev–Trinajstić information content (AvgIpc) is 2.59. The summed E-state index contributed by atoms with van der Waals surface area (Å²) in [6.45, 7) is 7.78. The van der Waals surface area contributed by atoms with Crippen LogP contribution >= 0.6 is 0 Å². The Hall–Kier alpha value is -2.82. The van der Waals surface area contributed by atoms with Gasteiger partial charge >= 0.3 is 0 Å². The van der Waals surface area contributed by atoms with Gasteiger partial charge in [-0.3, -0.25) is 9.59 Å². The van der Waals surface area contributed by atoms with Crippen molar-refractivity contribution >= 4 is 23.2 Å². The van der Waals surface area contributed by atoms with E-state index in [1.807, 2.05) is 51.1 Å². The molecular formula is C21H24N2O3. The minimum absolute atomic E-state index is 0.0801. The van der Waals surface area contributed by atoms with Crippen LogP contribution in [-0.2, 0) is 16.1 Å². The SMILES string of the molecule is CC1Oc2ccc(NC(=O)C(C)(C)C)cc2N(Cc2ccccc2)C1=O. The molecule has 0 aliphatic carbocycles. The number of carbonyl (C=O) groups is 2. The minimum atomic E-state index is -0.541. The van der Waals surface area contributed by atoms with E-state index < -0.39 is 11.5 Å². The van der Waals surface area contributed by atoms with E-state index in [1.54, 1.807) is 30.0 Å². The van der Waals surface area contributed by atoms with Gasteiger partial charge < -0.3 is 15.0 Å². The lowest BCUT2D eigenvalue weighted by Gasteiger charge is -2.33. The summed E-state index contributed by atoms with van der Waals surface area (Å²) in [6.07, 6.45) is -0.541. The average molecular weight is 352 g/mol.